The van der Waals surface area contributed by atoms with Crippen molar-refractivity contribution in [2.45, 2.75) is 6.92 Å². The third kappa shape index (κ3) is 2.68. The largest absolute Gasteiger partial charge is 0.497 e. The van der Waals surface area contributed by atoms with Crippen LogP contribution in [0.15, 0.2) is 42.5 Å². The molecule has 23 heavy (non-hydrogen) atoms. The second kappa shape index (κ2) is 5.61. The van der Waals surface area contributed by atoms with Crippen LogP contribution in [0.2, 0.25) is 0 Å². The maximum Gasteiger partial charge on any atom is 0.209 e. The number of hydrogen-bond acceptors (Lipinski definition) is 4. The van der Waals surface area contributed by atoms with Crippen molar-refractivity contribution in [1.29, 1.82) is 5.41 Å². The average molecular weight is 307 g/mol. The fourth-order valence-corrected chi connectivity index (χ4v) is 2.54. The third-order valence-corrected chi connectivity index (χ3v) is 3.79. The molecule has 5 nitrogen and oxygen atoms in total. The molecule has 3 aromatic rings. The van der Waals surface area contributed by atoms with E-state index in [4.69, 9.17) is 15.9 Å². The van der Waals surface area contributed by atoms with Gasteiger partial charge >= 0.3 is 0 Å². The van der Waals surface area contributed by atoms with Gasteiger partial charge in [0.25, 0.3) is 0 Å². The Balaban J connectivity index is 2.03. The lowest BCUT2D eigenvalue weighted by atomic mass is 10.0. The predicted octanol–water partition coefficient (Wildman–Crippen LogP) is 3.38. The molecule has 2 aromatic carbocycles. The van der Waals surface area contributed by atoms with Crippen LogP contribution in [0.5, 0.6) is 5.75 Å². The summed E-state index contributed by atoms with van der Waals surface area (Å²) in [6, 6.07) is 12.4. The minimum atomic E-state index is -0.136. The number of carbonyl (C=O) groups is 1. The van der Waals surface area contributed by atoms with E-state index in [1.165, 1.54) is 0 Å². The molecule has 0 spiro atoms. The standard InChI is InChI=1S/C18H17N3O2/c1-10(19)14-8-11(3-5-15(14)20)18(22)17-9-12-7-13(23-2)4-6-16(12)21-17/h3-9,19,21H,20H2,1-2H3. The summed E-state index contributed by atoms with van der Waals surface area (Å²) in [4.78, 5) is 15.8. The smallest absolute Gasteiger partial charge is 0.209 e. The van der Waals surface area contributed by atoms with E-state index in [-0.39, 0.29) is 5.78 Å². The number of rotatable bonds is 4. The number of aromatic nitrogens is 1. The molecule has 0 saturated heterocycles. The van der Waals surface area contributed by atoms with Crippen molar-refractivity contribution in [3.05, 3.63) is 59.3 Å². The van der Waals surface area contributed by atoms with Gasteiger partial charge in [0.15, 0.2) is 0 Å². The summed E-state index contributed by atoms with van der Waals surface area (Å²) in [6.07, 6.45) is 0. The second-order valence-corrected chi connectivity index (χ2v) is 5.39. The SMILES string of the molecule is COc1ccc2[nH]c(C(=O)c3ccc(N)c(C(C)=N)c3)cc2c1. The van der Waals surface area contributed by atoms with Gasteiger partial charge in [0.1, 0.15) is 5.75 Å². The van der Waals surface area contributed by atoms with Crippen LogP contribution in [-0.2, 0) is 0 Å². The number of ketones is 1. The van der Waals surface area contributed by atoms with Gasteiger partial charge in [-0.1, -0.05) is 0 Å². The van der Waals surface area contributed by atoms with Crippen molar-refractivity contribution in [3.63, 3.8) is 0 Å². The number of benzene rings is 2. The van der Waals surface area contributed by atoms with Crippen molar-refractivity contribution in [1.82, 2.24) is 4.98 Å². The first-order valence-electron chi connectivity index (χ1n) is 7.16. The number of aromatic amines is 1. The molecule has 0 aliphatic rings. The van der Waals surface area contributed by atoms with E-state index in [9.17, 15) is 4.79 Å². The number of nitrogen functional groups attached to an aromatic ring is 1. The zero-order valence-electron chi connectivity index (χ0n) is 12.9. The van der Waals surface area contributed by atoms with Crippen LogP contribution in [0.4, 0.5) is 5.69 Å². The number of nitrogens with two attached hydrogens (primary N) is 1. The van der Waals surface area contributed by atoms with Gasteiger partial charge in [0.05, 0.1) is 12.8 Å². The molecule has 3 rings (SSSR count). The van der Waals surface area contributed by atoms with E-state index in [0.29, 0.717) is 28.2 Å². The Morgan fingerprint density at radius 3 is 2.65 bits per heavy atom. The molecule has 0 saturated carbocycles. The van der Waals surface area contributed by atoms with Crippen LogP contribution in [0, 0.1) is 5.41 Å². The van der Waals surface area contributed by atoms with Gasteiger partial charge in [0, 0.05) is 33.4 Å². The molecule has 0 radical (unpaired) electrons. The van der Waals surface area contributed by atoms with Gasteiger partial charge in [-0.25, -0.2) is 0 Å². The van der Waals surface area contributed by atoms with Gasteiger partial charge in [-0.2, -0.15) is 0 Å². The fraction of sp³-hybridized carbons (Fsp3) is 0.111. The van der Waals surface area contributed by atoms with Gasteiger partial charge in [-0.05, 0) is 49.4 Å². The van der Waals surface area contributed by atoms with E-state index in [2.05, 4.69) is 4.98 Å². The number of methoxy groups -OCH3 is 1. The topological polar surface area (TPSA) is 92.0 Å². The van der Waals surface area contributed by atoms with Crippen molar-refractivity contribution in [2.24, 2.45) is 0 Å². The van der Waals surface area contributed by atoms with Gasteiger partial charge in [0.2, 0.25) is 5.78 Å². The number of fused-ring (bicyclic) bond motifs is 1. The third-order valence-electron chi connectivity index (χ3n) is 3.79. The minimum absolute atomic E-state index is 0.136. The molecule has 1 aromatic heterocycles. The molecular weight excluding hydrogens is 290 g/mol. The van der Waals surface area contributed by atoms with E-state index in [0.717, 1.165) is 16.7 Å². The molecule has 0 amide bonds. The summed E-state index contributed by atoms with van der Waals surface area (Å²) in [6.45, 7) is 1.65. The van der Waals surface area contributed by atoms with Crippen LogP contribution in [0.3, 0.4) is 0 Å². The molecule has 4 N–H and O–H groups in total. The van der Waals surface area contributed by atoms with Crippen LogP contribution < -0.4 is 10.5 Å². The molecule has 5 heteroatoms. The van der Waals surface area contributed by atoms with E-state index >= 15 is 0 Å². The lowest BCUT2D eigenvalue weighted by Crippen LogP contribution is -2.06. The fourth-order valence-electron chi connectivity index (χ4n) is 2.54. The maximum absolute atomic E-state index is 12.7. The average Bonchev–Trinajstić information content (AvgIpc) is 2.97. The maximum atomic E-state index is 12.7. The number of anilines is 1. The minimum Gasteiger partial charge on any atom is -0.497 e. The molecule has 0 aliphatic carbocycles. The molecule has 0 fully saturated rings. The first-order chi connectivity index (χ1) is 11.0. The highest BCUT2D eigenvalue weighted by molar-refractivity contribution is 6.12. The number of nitrogens with one attached hydrogen (secondary N) is 2. The van der Waals surface area contributed by atoms with Crippen LogP contribution in [0.1, 0.15) is 28.5 Å². The van der Waals surface area contributed by atoms with Crippen molar-refractivity contribution in [2.75, 3.05) is 12.8 Å². The van der Waals surface area contributed by atoms with E-state index in [1.807, 2.05) is 18.2 Å². The van der Waals surface area contributed by atoms with Crippen molar-refractivity contribution < 1.29 is 9.53 Å². The zero-order valence-corrected chi connectivity index (χ0v) is 12.9. The molecule has 0 unspecified atom stereocenters. The summed E-state index contributed by atoms with van der Waals surface area (Å²) >= 11 is 0. The van der Waals surface area contributed by atoms with Crippen molar-refractivity contribution >= 4 is 28.1 Å². The molecular formula is C18H17N3O2. The molecule has 0 aliphatic heterocycles. The monoisotopic (exact) mass is 307 g/mol. The molecule has 0 bridgehead atoms. The Hall–Kier alpha value is -3.08. The molecule has 116 valence electrons. The quantitative estimate of drug-likeness (QED) is 0.392. The Labute approximate surface area is 133 Å². The van der Waals surface area contributed by atoms with Crippen LogP contribution in [0.25, 0.3) is 10.9 Å². The first kappa shape index (κ1) is 14.8. The highest BCUT2D eigenvalue weighted by Gasteiger charge is 2.14. The van der Waals surface area contributed by atoms with Crippen LogP contribution >= 0.6 is 0 Å². The Morgan fingerprint density at radius 1 is 1.17 bits per heavy atom. The number of hydrogen-bond donors (Lipinski definition) is 3. The highest BCUT2D eigenvalue weighted by atomic mass is 16.5. The van der Waals surface area contributed by atoms with Crippen molar-refractivity contribution in [3.8, 4) is 5.75 Å². The van der Waals surface area contributed by atoms with E-state index < -0.39 is 0 Å². The number of H-pyrrole nitrogens is 1. The second-order valence-electron chi connectivity index (χ2n) is 5.39. The zero-order chi connectivity index (χ0) is 16.6. The van der Waals surface area contributed by atoms with Gasteiger partial charge in [-0.3, -0.25) is 4.79 Å². The lowest BCUT2D eigenvalue weighted by molar-refractivity contribution is 0.103. The first-order valence-corrected chi connectivity index (χ1v) is 7.16. The van der Waals surface area contributed by atoms with E-state index in [1.54, 1.807) is 38.3 Å². The van der Waals surface area contributed by atoms with Gasteiger partial charge in [-0.15, -0.1) is 0 Å². The Morgan fingerprint density at radius 2 is 1.96 bits per heavy atom. The van der Waals surface area contributed by atoms with Crippen LogP contribution in [-0.4, -0.2) is 23.6 Å². The predicted molar refractivity (Wildman–Crippen MR) is 91.6 cm³/mol. The Bertz CT molecular complexity index is 925. The highest BCUT2D eigenvalue weighted by Crippen LogP contribution is 2.23. The summed E-state index contributed by atoms with van der Waals surface area (Å²) in [5, 5.41) is 8.65. The normalized spacial score (nSPS) is 10.7. The molecule has 1 heterocycles. The lowest BCUT2D eigenvalue weighted by Gasteiger charge is -2.06. The van der Waals surface area contributed by atoms with Gasteiger partial charge < -0.3 is 20.9 Å². The molecule has 0 atom stereocenters. The summed E-state index contributed by atoms with van der Waals surface area (Å²) in [7, 11) is 1.61. The summed E-state index contributed by atoms with van der Waals surface area (Å²) in [5.41, 5.74) is 9.11. The Kier molecular flexibility index (Phi) is 3.62. The number of ether oxygens (including phenoxy) is 1. The number of carbonyl (C=O) groups excluding carboxylic acids is 1. The summed E-state index contributed by atoms with van der Waals surface area (Å²) in [5.74, 6) is 0.604. The summed E-state index contributed by atoms with van der Waals surface area (Å²) < 4.78 is 5.20.